The number of ketones is 2. The number of nitrogens with zero attached hydrogens (tertiary/aromatic N) is 2. The topological polar surface area (TPSA) is 111 Å². The van der Waals surface area contributed by atoms with Crippen molar-refractivity contribution in [3.63, 3.8) is 0 Å². The maximum absolute atomic E-state index is 15.2. The number of aliphatic hydroxyl groups excluding tert-OH is 1. The minimum atomic E-state index is -2.77. The van der Waals surface area contributed by atoms with E-state index in [-0.39, 0.29) is 39.5 Å². The number of hydrogen-bond donors (Lipinski definition) is 1. The van der Waals surface area contributed by atoms with Crippen molar-refractivity contribution in [1.82, 2.24) is 10.1 Å². The van der Waals surface area contributed by atoms with Gasteiger partial charge in [-0.25, -0.2) is 0 Å². The van der Waals surface area contributed by atoms with Crippen LogP contribution in [0.1, 0.15) is 85.0 Å². The molecule has 0 spiro atoms. The quantitative estimate of drug-likeness (QED) is 0.197. The van der Waals surface area contributed by atoms with Crippen LogP contribution in [0.25, 0.3) is 10.8 Å². The smallest absolute Gasteiger partial charge is 0.265 e. The number of carbonyl (C=O) groups is 2. The molecule has 0 unspecified atom stereocenters. The fraction of sp³-hybridized carbons (Fsp3) is 0.528. The summed E-state index contributed by atoms with van der Waals surface area (Å²) in [6, 6.07) is 9.40. The molecule has 9 nitrogen and oxygen atoms in total. The lowest BCUT2D eigenvalue weighted by Crippen LogP contribution is -2.65. The summed E-state index contributed by atoms with van der Waals surface area (Å²) < 4.78 is 25.0. The number of ether oxygens (including phenoxy) is 2. The number of rotatable bonds is 8. The molecule has 1 aromatic heterocycles. The van der Waals surface area contributed by atoms with Crippen LogP contribution in [0.3, 0.4) is 0 Å². The lowest BCUT2D eigenvalue weighted by molar-refractivity contribution is -0.0480. The van der Waals surface area contributed by atoms with E-state index in [1.165, 1.54) is 0 Å². The van der Waals surface area contributed by atoms with Crippen LogP contribution in [-0.2, 0) is 10.8 Å². The molecule has 3 aromatic rings. The van der Waals surface area contributed by atoms with E-state index >= 15 is 4.79 Å². The molecule has 4 atom stereocenters. The molecule has 0 fully saturated rings. The first-order chi connectivity index (χ1) is 21.7. The van der Waals surface area contributed by atoms with Crippen molar-refractivity contribution in [2.24, 2.45) is 11.8 Å². The minimum Gasteiger partial charge on any atom is -0.508 e. The van der Waals surface area contributed by atoms with Crippen LogP contribution in [0.5, 0.6) is 11.6 Å². The first-order valence-corrected chi connectivity index (χ1v) is 19.2. The third-order valence-corrected chi connectivity index (χ3v) is 15.2. The van der Waals surface area contributed by atoms with Crippen molar-refractivity contribution in [2.75, 3.05) is 27.8 Å². The van der Waals surface area contributed by atoms with Crippen molar-refractivity contribution >= 4 is 30.7 Å². The lowest BCUT2D eigenvalue weighted by Gasteiger charge is -2.55. The summed E-state index contributed by atoms with van der Waals surface area (Å²) in [6.45, 7) is 12.8. The second kappa shape index (κ2) is 11.3. The van der Waals surface area contributed by atoms with E-state index in [1.54, 1.807) is 7.11 Å². The van der Waals surface area contributed by atoms with Crippen LogP contribution in [0, 0.1) is 11.8 Å². The van der Waals surface area contributed by atoms with E-state index in [1.807, 2.05) is 43.3 Å². The third kappa shape index (κ3) is 4.66. The maximum Gasteiger partial charge on any atom is 0.265 e. The number of unbranched alkanes of at least 4 members (excludes halogenated alkanes) is 1. The molecule has 1 N–H and O–H groups in total. The summed E-state index contributed by atoms with van der Waals surface area (Å²) in [5.41, 5.74) is -0.113. The van der Waals surface area contributed by atoms with E-state index in [2.05, 4.69) is 52.0 Å². The van der Waals surface area contributed by atoms with E-state index in [0.717, 1.165) is 29.2 Å². The van der Waals surface area contributed by atoms with Gasteiger partial charge in [0.1, 0.15) is 17.1 Å². The summed E-state index contributed by atoms with van der Waals surface area (Å²) in [4.78, 5) is 31.9. The zero-order chi connectivity index (χ0) is 33.3. The molecular weight excluding hydrogens is 600 g/mol. The number of carbonyl (C=O) groups excluding carboxylic acids is 2. The van der Waals surface area contributed by atoms with Gasteiger partial charge in [-0.15, -0.1) is 0 Å². The molecule has 46 heavy (non-hydrogen) atoms. The van der Waals surface area contributed by atoms with Crippen molar-refractivity contribution < 1.29 is 33.1 Å². The Morgan fingerprint density at radius 3 is 2.52 bits per heavy atom. The fourth-order valence-electron chi connectivity index (χ4n) is 7.46. The molecule has 0 amide bonds. The Bertz CT molecular complexity index is 1750. The van der Waals surface area contributed by atoms with Crippen molar-refractivity contribution in [3.05, 3.63) is 64.1 Å². The Labute approximate surface area is 272 Å². The van der Waals surface area contributed by atoms with Gasteiger partial charge in [-0.2, -0.15) is 0 Å². The number of aliphatic hydroxyl groups is 1. The minimum absolute atomic E-state index is 0.102. The lowest BCUT2D eigenvalue weighted by atomic mass is 9.58. The number of fused-ring (bicyclic) bond motifs is 5. The maximum atomic E-state index is 15.2. The first kappa shape index (κ1) is 32.5. The zero-order valence-corrected chi connectivity index (χ0v) is 29.4. The van der Waals surface area contributed by atoms with Crippen LogP contribution >= 0.6 is 0 Å². The van der Waals surface area contributed by atoms with E-state index in [9.17, 15) is 9.90 Å². The van der Waals surface area contributed by atoms with Gasteiger partial charge in [-0.05, 0) is 73.5 Å². The Hall–Kier alpha value is -3.47. The zero-order valence-electron chi connectivity index (χ0n) is 28.4. The van der Waals surface area contributed by atoms with Gasteiger partial charge in [0.15, 0.2) is 25.5 Å². The average Bonchev–Trinajstić information content (AvgIpc) is 3.40. The molecule has 0 radical (unpaired) electrons. The second-order valence-corrected chi connectivity index (χ2v) is 19.5. The molecule has 2 aromatic carbocycles. The van der Waals surface area contributed by atoms with Gasteiger partial charge < -0.3 is 23.5 Å². The highest BCUT2D eigenvalue weighted by molar-refractivity contribution is 6.74. The molecule has 246 valence electrons. The van der Waals surface area contributed by atoms with Gasteiger partial charge in [-0.1, -0.05) is 64.4 Å². The Morgan fingerprint density at radius 2 is 1.87 bits per heavy atom. The molecule has 0 bridgehead atoms. The first-order valence-electron chi connectivity index (χ1n) is 16.3. The van der Waals surface area contributed by atoms with Gasteiger partial charge in [0.05, 0.1) is 25.3 Å². The van der Waals surface area contributed by atoms with Crippen LogP contribution in [0.4, 0.5) is 0 Å². The van der Waals surface area contributed by atoms with E-state index < -0.39 is 31.7 Å². The van der Waals surface area contributed by atoms with Gasteiger partial charge in [-0.3, -0.25) is 14.5 Å². The monoisotopic (exact) mass is 646 g/mol. The third-order valence-electron chi connectivity index (χ3n) is 10.7. The van der Waals surface area contributed by atoms with Gasteiger partial charge in [0, 0.05) is 16.9 Å². The normalized spacial score (nSPS) is 24.5. The van der Waals surface area contributed by atoms with Crippen LogP contribution < -0.4 is 9.47 Å². The van der Waals surface area contributed by atoms with Gasteiger partial charge in [0.25, 0.3) is 5.88 Å². The van der Waals surface area contributed by atoms with Crippen LogP contribution in [0.15, 0.2) is 46.2 Å². The molecule has 6 rings (SSSR count). The number of methoxy groups -OCH3 is 1. The van der Waals surface area contributed by atoms with E-state index in [4.69, 9.17) is 18.4 Å². The summed E-state index contributed by atoms with van der Waals surface area (Å²) in [7, 11) is 2.64. The highest BCUT2D eigenvalue weighted by Gasteiger charge is 2.67. The Balaban J connectivity index is 1.63. The molecule has 3 aliphatic carbocycles. The molecular formula is C36H46N2O7Si. The molecule has 0 saturated carbocycles. The van der Waals surface area contributed by atoms with Gasteiger partial charge >= 0.3 is 0 Å². The predicted octanol–water partition coefficient (Wildman–Crippen LogP) is 7.46. The summed E-state index contributed by atoms with van der Waals surface area (Å²) in [5.74, 6) is -0.994. The summed E-state index contributed by atoms with van der Waals surface area (Å²) >= 11 is 0. The van der Waals surface area contributed by atoms with E-state index in [0.29, 0.717) is 36.5 Å². The number of hydrogen-bond acceptors (Lipinski definition) is 9. The Kier molecular flexibility index (Phi) is 8.01. The molecule has 10 heteroatoms. The fourth-order valence-corrected chi connectivity index (χ4v) is 8.91. The molecule has 0 saturated heterocycles. The van der Waals surface area contributed by atoms with Crippen molar-refractivity contribution in [3.8, 4) is 11.6 Å². The average molecular weight is 647 g/mol. The number of allylic oxidation sites excluding steroid dienone is 1. The highest BCUT2D eigenvalue weighted by atomic mass is 28.4. The highest BCUT2D eigenvalue weighted by Crippen LogP contribution is 2.59. The SMILES string of the molecule is CCCCOc1noc2c1C(=O)[C@@]1(O[Si](C)(C)C(C)(C)C)C(O)=C3C(=O)c4c(cc5ccccc5c4OC)C[C@H]3C[C@H]1[C@@H]2N(C)C. The van der Waals surface area contributed by atoms with Crippen LogP contribution in [-0.4, -0.2) is 68.5 Å². The number of benzene rings is 2. The summed E-state index contributed by atoms with van der Waals surface area (Å²) in [5, 5.41) is 18.4. The second-order valence-electron chi connectivity index (χ2n) is 14.8. The molecule has 3 aliphatic rings. The largest absolute Gasteiger partial charge is 0.508 e. The van der Waals surface area contributed by atoms with Crippen molar-refractivity contribution in [2.45, 2.75) is 83.2 Å². The van der Waals surface area contributed by atoms with Crippen molar-refractivity contribution in [1.29, 1.82) is 0 Å². The predicted molar refractivity (Wildman–Crippen MR) is 178 cm³/mol. The summed E-state index contributed by atoms with van der Waals surface area (Å²) in [6.07, 6.45) is 2.63. The number of aromatic nitrogens is 1. The van der Waals surface area contributed by atoms with Crippen LogP contribution in [0.2, 0.25) is 18.1 Å². The molecule has 1 heterocycles. The number of Topliss-reactive ketones (excluding diaryl/α,β-unsaturated/α-hetero) is 2. The van der Waals surface area contributed by atoms with Gasteiger partial charge in [0.2, 0.25) is 5.78 Å². The Morgan fingerprint density at radius 1 is 1.15 bits per heavy atom. The standard InChI is InChI=1S/C36H46N2O7Si/c1-10-11-16-43-34-27-31(44-37-34)28(38(5)6)24-19-22-18-21-17-20-14-12-13-15-23(20)30(42-7)25(21)29(39)26(22)32(40)36(24,33(27)41)45-46(8,9)35(2,3)4/h12-15,17,22,24,28,40H,10-11,16,18-19H2,1-9H3/t22-,24-,28-,36-/m0/s1. The molecule has 0 aliphatic heterocycles.